The van der Waals surface area contributed by atoms with Crippen LogP contribution < -0.4 is 5.32 Å². The van der Waals surface area contributed by atoms with Gasteiger partial charge in [-0.15, -0.1) is 0 Å². The van der Waals surface area contributed by atoms with E-state index in [0.717, 1.165) is 44.5 Å². The second kappa shape index (κ2) is 8.52. The van der Waals surface area contributed by atoms with Gasteiger partial charge in [0.25, 0.3) is 5.91 Å². The average Bonchev–Trinajstić information content (AvgIpc) is 2.75. The molecule has 0 unspecified atom stereocenters. The lowest BCUT2D eigenvalue weighted by atomic mass is 9.95. The molecule has 4 aromatic rings. The molecule has 1 N–H and O–H groups in total. The van der Waals surface area contributed by atoms with Crippen molar-refractivity contribution in [2.45, 2.75) is 33.6 Å². The molecule has 3 nitrogen and oxygen atoms in total. The van der Waals surface area contributed by atoms with Gasteiger partial charge < -0.3 is 5.32 Å². The lowest BCUT2D eigenvalue weighted by Crippen LogP contribution is -2.17. The van der Waals surface area contributed by atoms with Crippen molar-refractivity contribution in [2.24, 2.45) is 0 Å². The highest BCUT2D eigenvalue weighted by Gasteiger charge is 2.21. The second-order valence-electron chi connectivity index (χ2n) is 8.13. The van der Waals surface area contributed by atoms with Crippen LogP contribution in [0.25, 0.3) is 22.2 Å². The van der Waals surface area contributed by atoms with E-state index < -0.39 is 0 Å². The number of fused-ring (bicyclic) bond motifs is 1. The maximum Gasteiger partial charge on any atom is 0.256 e. The van der Waals surface area contributed by atoms with E-state index in [0.29, 0.717) is 16.5 Å². The summed E-state index contributed by atoms with van der Waals surface area (Å²) in [5.41, 5.74) is 7.06. The molecule has 1 amide bonds. The molecule has 0 bridgehead atoms. The molecule has 1 heterocycles. The molecule has 0 atom stereocenters. The third-order valence-electron chi connectivity index (χ3n) is 5.65. The molecular formula is C27H25ClN2O. The lowest BCUT2D eigenvalue weighted by molar-refractivity contribution is 0.102. The highest BCUT2D eigenvalue weighted by molar-refractivity contribution is 6.30. The quantitative estimate of drug-likeness (QED) is 0.364. The van der Waals surface area contributed by atoms with E-state index in [9.17, 15) is 4.79 Å². The molecule has 0 radical (unpaired) electrons. The second-order valence-corrected chi connectivity index (χ2v) is 8.57. The van der Waals surface area contributed by atoms with E-state index in [4.69, 9.17) is 16.6 Å². The fourth-order valence-electron chi connectivity index (χ4n) is 4.01. The van der Waals surface area contributed by atoms with Crippen molar-refractivity contribution in [3.63, 3.8) is 0 Å². The molecule has 0 aliphatic heterocycles. The molecule has 3 aromatic carbocycles. The zero-order valence-electron chi connectivity index (χ0n) is 18.2. The zero-order chi connectivity index (χ0) is 22.1. The summed E-state index contributed by atoms with van der Waals surface area (Å²) < 4.78 is 0. The van der Waals surface area contributed by atoms with Crippen LogP contribution in [0.15, 0.2) is 66.7 Å². The molecule has 0 aliphatic carbocycles. The number of amides is 1. The number of anilines is 1. The monoisotopic (exact) mass is 428 g/mol. The van der Waals surface area contributed by atoms with Gasteiger partial charge in [-0.05, 0) is 54.7 Å². The minimum absolute atomic E-state index is 0.123. The number of pyridine rings is 1. The van der Waals surface area contributed by atoms with Gasteiger partial charge in [0.1, 0.15) is 0 Å². The number of nitrogens with zero attached hydrogens (tertiary/aromatic N) is 1. The molecule has 1 aromatic heterocycles. The van der Waals surface area contributed by atoms with Crippen LogP contribution in [0.3, 0.4) is 0 Å². The van der Waals surface area contributed by atoms with Gasteiger partial charge in [0.2, 0.25) is 0 Å². The SMILES string of the molecule is Cc1cccc(C(C)C)c1NC(=O)c1c(C)c(-c2ccc(Cl)cc2)nc2ccccc12. The molecule has 0 spiro atoms. The molecule has 0 fully saturated rings. The van der Waals surface area contributed by atoms with Crippen molar-refractivity contribution in [1.82, 2.24) is 4.98 Å². The number of nitrogens with one attached hydrogen (secondary N) is 1. The van der Waals surface area contributed by atoms with Crippen LogP contribution in [-0.4, -0.2) is 10.9 Å². The van der Waals surface area contributed by atoms with E-state index in [1.54, 1.807) is 0 Å². The molecular weight excluding hydrogens is 404 g/mol. The van der Waals surface area contributed by atoms with E-state index in [1.165, 1.54) is 0 Å². The maximum atomic E-state index is 13.7. The van der Waals surface area contributed by atoms with Crippen LogP contribution >= 0.6 is 11.6 Å². The van der Waals surface area contributed by atoms with Gasteiger partial charge in [0.05, 0.1) is 16.8 Å². The van der Waals surface area contributed by atoms with Gasteiger partial charge in [-0.25, -0.2) is 4.98 Å². The van der Waals surface area contributed by atoms with Gasteiger partial charge >= 0.3 is 0 Å². The van der Waals surface area contributed by atoms with Crippen LogP contribution in [0.4, 0.5) is 5.69 Å². The van der Waals surface area contributed by atoms with Crippen molar-refractivity contribution in [1.29, 1.82) is 0 Å². The Balaban J connectivity index is 1.88. The molecule has 4 heteroatoms. The van der Waals surface area contributed by atoms with Crippen molar-refractivity contribution in [3.05, 3.63) is 94.0 Å². The number of halogens is 1. The predicted molar refractivity (Wildman–Crippen MR) is 130 cm³/mol. The summed E-state index contributed by atoms with van der Waals surface area (Å²) in [6, 6.07) is 21.5. The van der Waals surface area contributed by atoms with E-state index in [-0.39, 0.29) is 5.91 Å². The summed E-state index contributed by atoms with van der Waals surface area (Å²) in [4.78, 5) is 18.5. The van der Waals surface area contributed by atoms with Crippen molar-refractivity contribution >= 4 is 34.1 Å². The van der Waals surface area contributed by atoms with E-state index in [1.807, 2.05) is 74.5 Å². The van der Waals surface area contributed by atoms with Crippen molar-refractivity contribution in [3.8, 4) is 11.3 Å². The predicted octanol–water partition coefficient (Wildman–Crippen LogP) is 7.55. The minimum Gasteiger partial charge on any atom is -0.321 e. The summed E-state index contributed by atoms with van der Waals surface area (Å²) in [5.74, 6) is 0.178. The van der Waals surface area contributed by atoms with Crippen LogP contribution in [0, 0.1) is 13.8 Å². The van der Waals surface area contributed by atoms with Gasteiger partial charge in [0, 0.05) is 21.7 Å². The smallest absolute Gasteiger partial charge is 0.256 e. The first-order valence-electron chi connectivity index (χ1n) is 10.4. The van der Waals surface area contributed by atoms with Crippen LogP contribution in [0.1, 0.15) is 46.8 Å². The van der Waals surface area contributed by atoms with E-state index >= 15 is 0 Å². The number of para-hydroxylation sites is 2. The third-order valence-corrected chi connectivity index (χ3v) is 5.90. The number of benzene rings is 3. The summed E-state index contributed by atoms with van der Waals surface area (Å²) in [7, 11) is 0. The summed E-state index contributed by atoms with van der Waals surface area (Å²) in [6.07, 6.45) is 0. The molecule has 31 heavy (non-hydrogen) atoms. The summed E-state index contributed by atoms with van der Waals surface area (Å²) in [6.45, 7) is 8.25. The van der Waals surface area contributed by atoms with Gasteiger partial charge in [-0.2, -0.15) is 0 Å². The molecule has 156 valence electrons. The number of carbonyl (C=O) groups excluding carboxylic acids is 1. The van der Waals surface area contributed by atoms with Crippen LogP contribution in [0.5, 0.6) is 0 Å². The Hall–Kier alpha value is -3.17. The largest absolute Gasteiger partial charge is 0.321 e. The Labute approximate surface area is 188 Å². The fraction of sp³-hybridized carbons (Fsp3) is 0.185. The highest BCUT2D eigenvalue weighted by Crippen LogP contribution is 2.33. The van der Waals surface area contributed by atoms with Crippen molar-refractivity contribution < 1.29 is 4.79 Å². The Morgan fingerprint density at radius 1 is 0.935 bits per heavy atom. The Morgan fingerprint density at radius 3 is 2.35 bits per heavy atom. The first-order valence-corrected chi connectivity index (χ1v) is 10.8. The zero-order valence-corrected chi connectivity index (χ0v) is 18.9. The van der Waals surface area contributed by atoms with Crippen LogP contribution in [0.2, 0.25) is 5.02 Å². The van der Waals surface area contributed by atoms with E-state index in [2.05, 4.69) is 25.2 Å². The molecule has 0 saturated carbocycles. The number of carbonyl (C=O) groups is 1. The average molecular weight is 429 g/mol. The number of hydrogen-bond donors (Lipinski definition) is 1. The number of aryl methyl sites for hydroxylation is 1. The maximum absolute atomic E-state index is 13.7. The topological polar surface area (TPSA) is 42.0 Å². The van der Waals surface area contributed by atoms with Crippen LogP contribution in [-0.2, 0) is 0 Å². The Morgan fingerprint density at radius 2 is 1.65 bits per heavy atom. The van der Waals surface area contributed by atoms with Gasteiger partial charge in [0.15, 0.2) is 0 Å². The van der Waals surface area contributed by atoms with Gasteiger partial charge in [-0.1, -0.05) is 74.0 Å². The summed E-state index contributed by atoms with van der Waals surface area (Å²) in [5, 5.41) is 4.72. The molecule has 0 saturated heterocycles. The number of rotatable bonds is 4. The number of hydrogen-bond acceptors (Lipinski definition) is 2. The first-order chi connectivity index (χ1) is 14.9. The highest BCUT2D eigenvalue weighted by atomic mass is 35.5. The fourth-order valence-corrected chi connectivity index (χ4v) is 4.13. The Bertz CT molecular complexity index is 1280. The van der Waals surface area contributed by atoms with Crippen molar-refractivity contribution in [2.75, 3.05) is 5.32 Å². The minimum atomic E-state index is -0.123. The Kier molecular flexibility index (Phi) is 5.79. The summed E-state index contributed by atoms with van der Waals surface area (Å²) >= 11 is 6.08. The molecule has 4 rings (SSSR count). The normalized spacial score (nSPS) is 11.2. The third kappa shape index (κ3) is 4.06. The lowest BCUT2D eigenvalue weighted by Gasteiger charge is -2.19. The number of aromatic nitrogens is 1. The standard InChI is InChI=1S/C27H25ClN2O/c1-16(2)21-10-7-8-17(3)25(21)30-27(31)24-18(4)26(19-12-14-20(28)15-13-19)29-23-11-6-5-9-22(23)24/h5-16H,1-4H3,(H,30,31). The van der Waals surface area contributed by atoms with Gasteiger partial charge in [-0.3, -0.25) is 4.79 Å². The molecule has 0 aliphatic rings. The first kappa shape index (κ1) is 21.1.